The van der Waals surface area contributed by atoms with Crippen LogP contribution in [-0.4, -0.2) is 40.9 Å². The molecule has 0 radical (unpaired) electrons. The summed E-state index contributed by atoms with van der Waals surface area (Å²) in [4.78, 5) is 27.1. The van der Waals surface area contributed by atoms with Gasteiger partial charge in [-0.3, -0.25) is 4.79 Å². The number of hydrogen-bond donors (Lipinski definition) is 2. The van der Waals surface area contributed by atoms with E-state index in [-0.39, 0.29) is 4.88 Å². The maximum Gasteiger partial charge on any atom is 0.347 e. The van der Waals surface area contributed by atoms with Crippen LogP contribution in [0.2, 0.25) is 0 Å². The van der Waals surface area contributed by atoms with Gasteiger partial charge in [0.1, 0.15) is 15.6 Å². The van der Waals surface area contributed by atoms with E-state index in [2.05, 4.69) is 10.3 Å². The number of carboxylic acids is 1. The molecule has 22 heavy (non-hydrogen) atoms. The number of thiazole rings is 1. The number of carbonyl (C=O) groups is 2. The number of hydrogen-bond acceptors (Lipinski definition) is 6. The quantitative estimate of drug-likeness (QED) is 0.834. The van der Waals surface area contributed by atoms with Crippen molar-refractivity contribution in [1.29, 1.82) is 0 Å². The molecule has 0 spiro atoms. The lowest BCUT2D eigenvalue weighted by Crippen LogP contribution is -2.39. The Hall–Kier alpha value is -1.48. The SMILES string of the molecule is Cc1nc(C(C)NC(=O)CS(=O)(=O)C(C)(C)C)sc1C(=O)O. The Bertz CT molecular complexity index is 686. The van der Waals surface area contributed by atoms with Gasteiger partial charge in [-0.25, -0.2) is 18.2 Å². The minimum absolute atomic E-state index is 0.110. The van der Waals surface area contributed by atoms with Gasteiger partial charge in [0.05, 0.1) is 16.5 Å². The molecule has 0 bridgehead atoms. The lowest BCUT2D eigenvalue weighted by atomic mass is 10.3. The molecule has 1 aromatic rings. The summed E-state index contributed by atoms with van der Waals surface area (Å²) in [6, 6.07) is -0.556. The summed E-state index contributed by atoms with van der Waals surface area (Å²) in [7, 11) is -3.56. The first-order valence-corrected chi connectivity index (χ1v) is 9.04. The van der Waals surface area contributed by atoms with E-state index in [0.29, 0.717) is 10.7 Å². The van der Waals surface area contributed by atoms with E-state index < -0.39 is 38.3 Å². The smallest absolute Gasteiger partial charge is 0.347 e. The monoisotopic (exact) mass is 348 g/mol. The second kappa shape index (κ2) is 6.33. The predicted octanol–water partition coefficient (Wildman–Crippen LogP) is 1.54. The van der Waals surface area contributed by atoms with Gasteiger partial charge in [-0.15, -0.1) is 11.3 Å². The average molecular weight is 348 g/mol. The van der Waals surface area contributed by atoms with Gasteiger partial charge in [0.25, 0.3) is 0 Å². The van der Waals surface area contributed by atoms with Crippen molar-refractivity contribution in [2.24, 2.45) is 0 Å². The molecule has 0 aliphatic heterocycles. The van der Waals surface area contributed by atoms with E-state index in [1.54, 1.807) is 13.8 Å². The number of nitrogens with one attached hydrogen (secondary N) is 1. The Morgan fingerprint density at radius 3 is 2.32 bits per heavy atom. The molecule has 0 saturated heterocycles. The topological polar surface area (TPSA) is 113 Å². The van der Waals surface area contributed by atoms with Crippen LogP contribution in [0.5, 0.6) is 0 Å². The number of nitrogens with zero attached hydrogens (tertiary/aromatic N) is 1. The van der Waals surface area contributed by atoms with Crippen LogP contribution in [0.15, 0.2) is 0 Å². The van der Waals surface area contributed by atoms with Gasteiger partial charge < -0.3 is 10.4 Å². The summed E-state index contributed by atoms with van der Waals surface area (Å²) in [5.41, 5.74) is 0.371. The van der Waals surface area contributed by atoms with Crippen LogP contribution >= 0.6 is 11.3 Å². The molecule has 0 aromatic carbocycles. The van der Waals surface area contributed by atoms with Crippen molar-refractivity contribution in [2.45, 2.75) is 45.4 Å². The molecule has 7 nitrogen and oxygen atoms in total. The fourth-order valence-corrected chi connectivity index (χ4v) is 3.30. The van der Waals surface area contributed by atoms with Crippen molar-refractivity contribution in [3.05, 3.63) is 15.6 Å². The third kappa shape index (κ3) is 4.26. The van der Waals surface area contributed by atoms with E-state index >= 15 is 0 Å². The average Bonchev–Trinajstić information content (AvgIpc) is 2.68. The molecule has 1 unspecified atom stereocenters. The number of aromatic carboxylic acids is 1. The minimum Gasteiger partial charge on any atom is -0.477 e. The maximum absolute atomic E-state index is 12.0. The van der Waals surface area contributed by atoms with Gasteiger partial charge in [-0.2, -0.15) is 0 Å². The predicted molar refractivity (Wildman–Crippen MR) is 83.9 cm³/mol. The van der Waals surface area contributed by atoms with Gasteiger partial charge in [-0.05, 0) is 34.6 Å². The van der Waals surface area contributed by atoms with E-state index in [4.69, 9.17) is 5.11 Å². The Balaban J connectivity index is 2.81. The molecule has 1 atom stereocenters. The summed E-state index contributed by atoms with van der Waals surface area (Å²) in [5, 5.41) is 12.0. The second-order valence-corrected chi connectivity index (χ2v) is 9.71. The Kier molecular flexibility index (Phi) is 5.34. The molecule has 1 rings (SSSR count). The first-order chi connectivity index (χ1) is 9.85. The number of aryl methyl sites for hydroxylation is 1. The molecule has 0 saturated carbocycles. The highest BCUT2D eigenvalue weighted by Gasteiger charge is 2.31. The molecule has 2 N–H and O–H groups in total. The zero-order chi connectivity index (χ0) is 17.3. The number of carboxylic acid groups (broad SMARTS) is 1. The van der Waals surface area contributed by atoms with Crippen molar-refractivity contribution in [1.82, 2.24) is 10.3 Å². The fraction of sp³-hybridized carbons (Fsp3) is 0.615. The van der Waals surface area contributed by atoms with Crippen LogP contribution in [0, 0.1) is 6.92 Å². The normalized spacial score (nSPS) is 13.7. The molecular weight excluding hydrogens is 328 g/mol. The van der Waals surface area contributed by atoms with Gasteiger partial charge in [-0.1, -0.05) is 0 Å². The number of carbonyl (C=O) groups excluding carboxylic acids is 1. The molecule has 124 valence electrons. The van der Waals surface area contributed by atoms with Crippen molar-refractivity contribution < 1.29 is 23.1 Å². The van der Waals surface area contributed by atoms with E-state index in [1.807, 2.05) is 0 Å². The molecule has 0 aliphatic rings. The van der Waals surface area contributed by atoms with Crippen molar-refractivity contribution in [3.8, 4) is 0 Å². The third-order valence-corrected chi connectivity index (χ3v) is 6.85. The molecule has 9 heteroatoms. The standard InChI is InChI=1S/C13H20N2O5S2/c1-7-10(12(17)18)21-11(15-7)8(2)14-9(16)6-22(19,20)13(3,4)5/h8H,6H2,1-5H3,(H,14,16)(H,17,18). The van der Waals surface area contributed by atoms with Gasteiger partial charge >= 0.3 is 5.97 Å². The third-order valence-electron chi connectivity index (χ3n) is 3.01. The summed E-state index contributed by atoms with van der Waals surface area (Å²) in [6.07, 6.45) is 0. The Morgan fingerprint density at radius 1 is 1.36 bits per heavy atom. The van der Waals surface area contributed by atoms with Crippen molar-refractivity contribution >= 4 is 33.1 Å². The van der Waals surface area contributed by atoms with Crippen molar-refractivity contribution in [3.63, 3.8) is 0 Å². The van der Waals surface area contributed by atoms with Crippen molar-refractivity contribution in [2.75, 3.05) is 5.75 Å². The van der Waals surface area contributed by atoms with E-state index in [9.17, 15) is 18.0 Å². The lowest BCUT2D eigenvalue weighted by Gasteiger charge is -2.19. The highest BCUT2D eigenvalue weighted by atomic mass is 32.2. The summed E-state index contributed by atoms with van der Waals surface area (Å²) in [6.45, 7) is 7.79. The maximum atomic E-state index is 12.0. The van der Waals surface area contributed by atoms with E-state index in [0.717, 1.165) is 11.3 Å². The largest absolute Gasteiger partial charge is 0.477 e. The summed E-state index contributed by atoms with van der Waals surface area (Å²) < 4.78 is 22.9. The van der Waals surface area contributed by atoms with Crippen LogP contribution < -0.4 is 5.32 Å². The van der Waals surface area contributed by atoms with Crippen LogP contribution in [0.1, 0.15) is 54.1 Å². The number of aromatic nitrogens is 1. The van der Waals surface area contributed by atoms with Crippen LogP contribution in [-0.2, 0) is 14.6 Å². The minimum atomic E-state index is -3.56. The van der Waals surface area contributed by atoms with Crippen LogP contribution in [0.25, 0.3) is 0 Å². The zero-order valence-corrected chi connectivity index (χ0v) is 14.8. The van der Waals surface area contributed by atoms with Crippen LogP contribution in [0.3, 0.4) is 0 Å². The molecule has 0 fully saturated rings. The Labute approximate surface area is 133 Å². The highest BCUT2D eigenvalue weighted by Crippen LogP contribution is 2.23. The summed E-state index contributed by atoms with van der Waals surface area (Å²) >= 11 is 0.966. The molecule has 1 heterocycles. The first kappa shape index (κ1) is 18.6. The van der Waals surface area contributed by atoms with Gasteiger partial charge in [0.2, 0.25) is 5.91 Å². The first-order valence-electron chi connectivity index (χ1n) is 6.57. The molecular formula is C13H20N2O5S2. The summed E-state index contributed by atoms with van der Waals surface area (Å²) in [5.74, 6) is -2.32. The second-order valence-electron chi connectivity index (χ2n) is 5.93. The Morgan fingerprint density at radius 2 is 1.91 bits per heavy atom. The van der Waals surface area contributed by atoms with E-state index in [1.165, 1.54) is 20.8 Å². The number of rotatable bonds is 5. The zero-order valence-electron chi connectivity index (χ0n) is 13.1. The molecule has 1 aromatic heterocycles. The number of amides is 1. The van der Waals surface area contributed by atoms with Crippen LogP contribution in [0.4, 0.5) is 0 Å². The molecule has 1 amide bonds. The highest BCUT2D eigenvalue weighted by molar-refractivity contribution is 7.93. The number of sulfone groups is 1. The lowest BCUT2D eigenvalue weighted by molar-refractivity contribution is -0.119. The molecule has 0 aliphatic carbocycles. The van der Waals surface area contributed by atoms with Gasteiger partial charge in [0.15, 0.2) is 9.84 Å². The fourth-order valence-electron chi connectivity index (χ4n) is 1.53. The van der Waals surface area contributed by atoms with Gasteiger partial charge in [0, 0.05) is 0 Å².